The first-order valence-corrected chi connectivity index (χ1v) is 7.79. The number of halogens is 2. The second kappa shape index (κ2) is 10.7. The van der Waals surface area contributed by atoms with Crippen LogP contribution in [0.2, 0.25) is 0 Å². The lowest BCUT2D eigenvalue weighted by atomic mass is 10.0. The number of nitrogens with zero attached hydrogens (tertiary/aromatic N) is 2. The summed E-state index contributed by atoms with van der Waals surface area (Å²) in [5.41, 5.74) is 0.0217. The topological polar surface area (TPSA) is 48.9 Å². The summed E-state index contributed by atoms with van der Waals surface area (Å²) < 4.78 is 18.6. The van der Waals surface area contributed by atoms with Gasteiger partial charge in [0.25, 0.3) is 0 Å². The molecule has 0 saturated heterocycles. The average molecular weight is 452 g/mol. The van der Waals surface area contributed by atoms with Gasteiger partial charge in [-0.15, -0.1) is 24.0 Å². The van der Waals surface area contributed by atoms with Crippen molar-refractivity contribution in [3.63, 3.8) is 0 Å². The summed E-state index contributed by atoms with van der Waals surface area (Å²) in [6.07, 6.45) is -0.0686. The highest BCUT2D eigenvalue weighted by atomic mass is 127. The van der Waals surface area contributed by atoms with Gasteiger partial charge in [0, 0.05) is 19.1 Å². The van der Waals surface area contributed by atoms with E-state index in [1.807, 2.05) is 6.92 Å². The Balaban J connectivity index is 0.00000529. The maximum absolute atomic E-state index is 12.9. The predicted octanol–water partition coefficient (Wildman–Crippen LogP) is 2.72. The van der Waals surface area contributed by atoms with Crippen molar-refractivity contribution in [2.24, 2.45) is 4.99 Å². The maximum atomic E-state index is 12.9. The molecule has 0 heterocycles. The molecule has 5 nitrogen and oxygen atoms in total. The maximum Gasteiger partial charge on any atom is 0.191 e. The highest BCUT2D eigenvalue weighted by Crippen LogP contribution is 2.12. The normalized spacial score (nSPS) is 13.2. The SMILES string of the molecule is CN=C(NCC(C)Oc1ccc(F)cc1)NCC(C)(C)N(C)C.I. The van der Waals surface area contributed by atoms with Gasteiger partial charge in [-0.05, 0) is 59.1 Å². The minimum atomic E-state index is -0.267. The molecule has 1 unspecified atom stereocenters. The molecule has 1 atom stereocenters. The van der Waals surface area contributed by atoms with Gasteiger partial charge in [-0.2, -0.15) is 0 Å². The van der Waals surface area contributed by atoms with E-state index in [0.717, 1.165) is 12.5 Å². The van der Waals surface area contributed by atoms with Crippen molar-refractivity contribution in [2.75, 3.05) is 34.2 Å². The lowest BCUT2D eigenvalue weighted by molar-refractivity contribution is 0.196. The van der Waals surface area contributed by atoms with Crippen LogP contribution in [-0.4, -0.2) is 56.7 Å². The molecule has 0 amide bonds. The fourth-order valence-electron chi connectivity index (χ4n) is 1.71. The standard InChI is InChI=1S/C17H29FN4O.HI/c1-13(23-15-9-7-14(18)8-10-15)11-20-16(19-4)21-12-17(2,3)22(5)6;/h7-10,13H,11-12H2,1-6H3,(H2,19,20,21);1H. The molecule has 0 radical (unpaired) electrons. The van der Waals surface area contributed by atoms with E-state index in [0.29, 0.717) is 12.3 Å². The van der Waals surface area contributed by atoms with E-state index in [1.165, 1.54) is 12.1 Å². The van der Waals surface area contributed by atoms with Gasteiger partial charge in [0.15, 0.2) is 5.96 Å². The molecule has 0 spiro atoms. The molecule has 0 aromatic heterocycles. The summed E-state index contributed by atoms with van der Waals surface area (Å²) in [6.45, 7) is 7.64. The van der Waals surface area contributed by atoms with Crippen LogP contribution < -0.4 is 15.4 Å². The fraction of sp³-hybridized carbons (Fsp3) is 0.588. The van der Waals surface area contributed by atoms with Crippen LogP contribution in [0.15, 0.2) is 29.3 Å². The molecule has 0 aliphatic rings. The molecule has 2 N–H and O–H groups in total. The first-order chi connectivity index (χ1) is 10.7. The average Bonchev–Trinajstić information content (AvgIpc) is 2.49. The zero-order valence-electron chi connectivity index (χ0n) is 15.4. The Morgan fingerprint density at radius 2 is 1.83 bits per heavy atom. The Morgan fingerprint density at radius 1 is 1.25 bits per heavy atom. The highest BCUT2D eigenvalue weighted by Gasteiger charge is 2.20. The molecule has 0 aliphatic carbocycles. The van der Waals surface area contributed by atoms with Gasteiger partial charge in [-0.25, -0.2) is 4.39 Å². The monoisotopic (exact) mass is 452 g/mol. The fourth-order valence-corrected chi connectivity index (χ4v) is 1.71. The Kier molecular flexibility index (Phi) is 10.2. The van der Waals surface area contributed by atoms with E-state index in [4.69, 9.17) is 4.74 Å². The van der Waals surface area contributed by atoms with Crippen LogP contribution in [0, 0.1) is 5.82 Å². The van der Waals surface area contributed by atoms with Gasteiger partial charge in [0.05, 0.1) is 6.54 Å². The van der Waals surface area contributed by atoms with Crippen molar-refractivity contribution in [1.82, 2.24) is 15.5 Å². The molecule has 1 rings (SSSR count). The number of ether oxygens (including phenoxy) is 1. The number of rotatable bonds is 7. The van der Waals surface area contributed by atoms with E-state index in [9.17, 15) is 4.39 Å². The van der Waals surface area contributed by atoms with Crippen LogP contribution in [0.4, 0.5) is 4.39 Å². The highest BCUT2D eigenvalue weighted by molar-refractivity contribution is 14.0. The zero-order chi connectivity index (χ0) is 17.5. The largest absolute Gasteiger partial charge is 0.489 e. The number of aliphatic imine (C=N–C) groups is 1. The Hall–Kier alpha value is -1.09. The van der Waals surface area contributed by atoms with Gasteiger partial charge in [-0.1, -0.05) is 0 Å². The van der Waals surface area contributed by atoms with Crippen LogP contribution in [0.25, 0.3) is 0 Å². The summed E-state index contributed by atoms with van der Waals surface area (Å²) in [5.74, 6) is 1.11. The molecule has 0 bridgehead atoms. The van der Waals surface area contributed by atoms with Crippen LogP contribution in [0.5, 0.6) is 5.75 Å². The van der Waals surface area contributed by atoms with Crippen LogP contribution in [-0.2, 0) is 0 Å². The minimum absolute atomic E-state index is 0. The van der Waals surface area contributed by atoms with Crippen molar-refractivity contribution in [2.45, 2.75) is 32.4 Å². The number of likely N-dealkylation sites (N-methyl/N-ethyl adjacent to an activating group) is 1. The Morgan fingerprint density at radius 3 is 2.33 bits per heavy atom. The van der Waals surface area contributed by atoms with E-state index < -0.39 is 0 Å². The van der Waals surface area contributed by atoms with E-state index in [2.05, 4.69) is 48.5 Å². The lowest BCUT2D eigenvalue weighted by Crippen LogP contribution is -2.51. The molecular weight excluding hydrogens is 422 g/mol. The molecule has 0 aliphatic heterocycles. The van der Waals surface area contributed by atoms with E-state index in [-0.39, 0.29) is 41.4 Å². The number of benzene rings is 1. The van der Waals surface area contributed by atoms with Gasteiger partial charge >= 0.3 is 0 Å². The first kappa shape index (κ1) is 22.9. The molecule has 1 aromatic carbocycles. The van der Waals surface area contributed by atoms with Gasteiger partial charge < -0.3 is 20.3 Å². The smallest absolute Gasteiger partial charge is 0.191 e. The Bertz CT molecular complexity index is 506. The van der Waals surface area contributed by atoms with Crippen molar-refractivity contribution in [1.29, 1.82) is 0 Å². The van der Waals surface area contributed by atoms with Gasteiger partial charge in [0.2, 0.25) is 0 Å². The summed E-state index contributed by atoms with van der Waals surface area (Å²) in [5, 5.41) is 6.54. The number of nitrogens with one attached hydrogen (secondary N) is 2. The zero-order valence-corrected chi connectivity index (χ0v) is 17.7. The molecule has 24 heavy (non-hydrogen) atoms. The lowest BCUT2D eigenvalue weighted by Gasteiger charge is -2.33. The molecule has 0 saturated carbocycles. The van der Waals surface area contributed by atoms with Crippen LogP contribution >= 0.6 is 24.0 Å². The van der Waals surface area contributed by atoms with E-state index in [1.54, 1.807) is 19.2 Å². The quantitative estimate of drug-likeness (QED) is 0.380. The molecule has 7 heteroatoms. The summed E-state index contributed by atoms with van der Waals surface area (Å²) >= 11 is 0. The number of guanidine groups is 1. The summed E-state index contributed by atoms with van der Waals surface area (Å²) in [7, 11) is 5.84. The second-order valence-electron chi connectivity index (χ2n) is 6.40. The predicted molar refractivity (Wildman–Crippen MR) is 109 cm³/mol. The second-order valence-corrected chi connectivity index (χ2v) is 6.40. The minimum Gasteiger partial charge on any atom is -0.489 e. The van der Waals surface area contributed by atoms with E-state index >= 15 is 0 Å². The van der Waals surface area contributed by atoms with Crippen molar-refractivity contribution < 1.29 is 9.13 Å². The summed E-state index contributed by atoms with van der Waals surface area (Å²) in [4.78, 5) is 6.37. The molecule has 0 fully saturated rings. The third kappa shape index (κ3) is 8.14. The van der Waals surface area contributed by atoms with Gasteiger partial charge in [-0.3, -0.25) is 4.99 Å². The summed E-state index contributed by atoms with van der Waals surface area (Å²) in [6, 6.07) is 6.02. The third-order valence-corrected chi connectivity index (χ3v) is 3.83. The van der Waals surface area contributed by atoms with Crippen molar-refractivity contribution in [3.05, 3.63) is 30.1 Å². The van der Waals surface area contributed by atoms with Crippen LogP contribution in [0.3, 0.4) is 0 Å². The molecule has 138 valence electrons. The molecule has 1 aromatic rings. The van der Waals surface area contributed by atoms with Gasteiger partial charge in [0.1, 0.15) is 17.7 Å². The van der Waals surface area contributed by atoms with Crippen molar-refractivity contribution >= 4 is 29.9 Å². The van der Waals surface area contributed by atoms with Crippen molar-refractivity contribution in [3.8, 4) is 5.75 Å². The van der Waals surface area contributed by atoms with Crippen LogP contribution in [0.1, 0.15) is 20.8 Å². The first-order valence-electron chi connectivity index (χ1n) is 7.79. The Labute approximate surface area is 162 Å². The third-order valence-electron chi connectivity index (χ3n) is 3.83. The number of hydrogen-bond acceptors (Lipinski definition) is 3. The number of hydrogen-bond donors (Lipinski definition) is 2. The molecular formula is C17H30FIN4O.